The second kappa shape index (κ2) is 3.13. The number of hydrogen-bond acceptors (Lipinski definition) is 2. The molecule has 1 heterocycles. The van der Waals surface area contributed by atoms with E-state index in [0.717, 1.165) is 0 Å². The van der Waals surface area contributed by atoms with Gasteiger partial charge in [0.15, 0.2) is 0 Å². The highest BCUT2D eigenvalue weighted by atomic mass is 35.5. The maximum atomic E-state index is 13.0. The summed E-state index contributed by atoms with van der Waals surface area (Å²) in [6.45, 7) is 1.70. The minimum atomic E-state index is -0.499. The highest BCUT2D eigenvalue weighted by Gasteiger charge is 2.22. The zero-order chi connectivity index (χ0) is 10.3. The summed E-state index contributed by atoms with van der Waals surface area (Å²) in [5.74, 6) is -0.651. The summed E-state index contributed by atoms with van der Waals surface area (Å²) in [6.07, 6.45) is 0. The molecule has 1 aromatic carbocycles. The third kappa shape index (κ3) is 1.42. The first kappa shape index (κ1) is 9.27. The van der Waals surface area contributed by atoms with E-state index in [2.05, 4.69) is 10.6 Å². The molecule has 0 fully saturated rings. The molecular weight excluding hydrogens is 207 g/mol. The van der Waals surface area contributed by atoms with E-state index in [1.807, 2.05) is 0 Å². The van der Waals surface area contributed by atoms with Gasteiger partial charge < -0.3 is 10.6 Å². The Morgan fingerprint density at radius 3 is 2.86 bits per heavy atom. The van der Waals surface area contributed by atoms with Crippen molar-refractivity contribution >= 4 is 28.9 Å². The van der Waals surface area contributed by atoms with Gasteiger partial charge in [-0.15, -0.1) is 0 Å². The topological polar surface area (TPSA) is 41.1 Å². The number of benzene rings is 1. The number of carbonyl (C=O) groups excluding carboxylic acids is 1. The summed E-state index contributed by atoms with van der Waals surface area (Å²) in [7, 11) is 0. The lowest BCUT2D eigenvalue weighted by molar-refractivity contribution is -0.116. The molecule has 0 saturated carbocycles. The number of hydrogen-bond donors (Lipinski definition) is 2. The van der Waals surface area contributed by atoms with Gasteiger partial charge >= 0.3 is 0 Å². The lowest BCUT2D eigenvalue weighted by Gasteiger charge is -2.24. The molecule has 0 aromatic heterocycles. The molecule has 5 heteroatoms. The maximum Gasteiger partial charge on any atom is 0.246 e. The first-order valence-corrected chi connectivity index (χ1v) is 4.52. The highest BCUT2D eigenvalue weighted by molar-refractivity contribution is 6.31. The molecule has 0 spiro atoms. The van der Waals surface area contributed by atoms with Crippen molar-refractivity contribution in [3.05, 3.63) is 23.0 Å². The van der Waals surface area contributed by atoms with E-state index in [9.17, 15) is 9.18 Å². The zero-order valence-corrected chi connectivity index (χ0v) is 8.15. The summed E-state index contributed by atoms with van der Waals surface area (Å²) in [5, 5.41) is 5.49. The lowest BCUT2D eigenvalue weighted by Crippen LogP contribution is -2.36. The van der Waals surface area contributed by atoms with Gasteiger partial charge in [0.1, 0.15) is 11.9 Å². The molecule has 3 nitrogen and oxygen atoms in total. The number of carbonyl (C=O) groups is 1. The van der Waals surface area contributed by atoms with Gasteiger partial charge in [0, 0.05) is 6.07 Å². The fourth-order valence-corrected chi connectivity index (χ4v) is 1.47. The second-order valence-electron chi connectivity index (χ2n) is 3.17. The Kier molecular flexibility index (Phi) is 2.07. The summed E-state index contributed by atoms with van der Waals surface area (Å²) in [5.41, 5.74) is 1.07. The van der Waals surface area contributed by atoms with E-state index < -0.39 is 5.82 Å². The molecule has 74 valence electrons. The van der Waals surface area contributed by atoms with Crippen molar-refractivity contribution in [2.24, 2.45) is 0 Å². The predicted octanol–water partition coefficient (Wildman–Crippen LogP) is 2.23. The van der Waals surface area contributed by atoms with Crippen molar-refractivity contribution in [2.45, 2.75) is 13.0 Å². The summed E-state index contributed by atoms with van der Waals surface area (Å²) in [4.78, 5) is 11.2. The summed E-state index contributed by atoms with van der Waals surface area (Å²) >= 11 is 5.58. The molecule has 1 aliphatic heterocycles. The number of anilines is 2. The van der Waals surface area contributed by atoms with Crippen LogP contribution in [-0.4, -0.2) is 11.9 Å². The predicted molar refractivity (Wildman–Crippen MR) is 53.1 cm³/mol. The molecule has 0 bridgehead atoms. The molecule has 1 unspecified atom stereocenters. The average Bonchev–Trinajstić information content (AvgIpc) is 2.11. The van der Waals surface area contributed by atoms with Crippen LogP contribution in [0.1, 0.15) is 6.92 Å². The molecule has 1 aliphatic rings. The van der Waals surface area contributed by atoms with Gasteiger partial charge in [-0.3, -0.25) is 4.79 Å². The van der Waals surface area contributed by atoms with Gasteiger partial charge in [0.2, 0.25) is 5.91 Å². The van der Waals surface area contributed by atoms with E-state index >= 15 is 0 Å². The number of halogens is 2. The Bertz CT molecular complexity index is 408. The van der Waals surface area contributed by atoms with Crippen LogP contribution in [0, 0.1) is 5.82 Å². The lowest BCUT2D eigenvalue weighted by atomic mass is 10.1. The zero-order valence-electron chi connectivity index (χ0n) is 7.40. The highest BCUT2D eigenvalue weighted by Crippen LogP contribution is 2.31. The summed E-state index contributed by atoms with van der Waals surface area (Å²) < 4.78 is 13.0. The first-order valence-electron chi connectivity index (χ1n) is 4.14. The molecular formula is C9H8ClFN2O. The van der Waals surface area contributed by atoms with Crippen molar-refractivity contribution in [1.82, 2.24) is 0 Å². The van der Waals surface area contributed by atoms with Crippen LogP contribution >= 0.6 is 11.6 Å². The third-order valence-corrected chi connectivity index (χ3v) is 2.37. The molecule has 1 atom stereocenters. The Labute approximate surface area is 85.3 Å². The third-order valence-electron chi connectivity index (χ3n) is 2.08. The Hall–Kier alpha value is -1.29. The van der Waals surface area contributed by atoms with Crippen molar-refractivity contribution in [3.8, 4) is 0 Å². The van der Waals surface area contributed by atoms with Gasteiger partial charge in [-0.2, -0.15) is 0 Å². The van der Waals surface area contributed by atoms with E-state index in [0.29, 0.717) is 11.4 Å². The molecule has 0 aliphatic carbocycles. The van der Waals surface area contributed by atoms with Crippen LogP contribution in [0.2, 0.25) is 5.02 Å². The average molecular weight is 215 g/mol. The van der Waals surface area contributed by atoms with Crippen LogP contribution in [0.25, 0.3) is 0 Å². The number of nitrogens with one attached hydrogen (secondary N) is 2. The fraction of sp³-hybridized carbons (Fsp3) is 0.222. The van der Waals surface area contributed by atoms with Gasteiger partial charge in [-0.1, -0.05) is 11.6 Å². The Morgan fingerprint density at radius 2 is 2.14 bits per heavy atom. The second-order valence-corrected chi connectivity index (χ2v) is 3.57. The van der Waals surface area contributed by atoms with Crippen molar-refractivity contribution < 1.29 is 9.18 Å². The largest absolute Gasteiger partial charge is 0.372 e. The molecule has 14 heavy (non-hydrogen) atoms. The number of fused-ring (bicyclic) bond motifs is 1. The van der Waals surface area contributed by atoms with Crippen LogP contribution < -0.4 is 10.6 Å². The summed E-state index contributed by atoms with van der Waals surface area (Å²) in [6, 6.07) is 2.31. The Morgan fingerprint density at radius 1 is 1.43 bits per heavy atom. The quantitative estimate of drug-likeness (QED) is 0.696. The first-order chi connectivity index (χ1) is 6.58. The van der Waals surface area contributed by atoms with Crippen LogP contribution in [0.15, 0.2) is 12.1 Å². The standard InChI is InChI=1S/C9H8ClFN2O/c1-4-9(14)13-7-2-5(10)6(11)3-8(7)12-4/h2-4,12H,1H3,(H,13,14). The number of amides is 1. The van der Waals surface area contributed by atoms with Gasteiger partial charge in [0.05, 0.1) is 16.4 Å². The van der Waals surface area contributed by atoms with Crippen LogP contribution in [0.5, 0.6) is 0 Å². The van der Waals surface area contributed by atoms with Crippen LogP contribution in [0.3, 0.4) is 0 Å². The molecule has 1 amide bonds. The fourth-order valence-electron chi connectivity index (χ4n) is 1.31. The SMILES string of the molecule is CC1Nc2cc(F)c(Cl)cc2NC1=O. The molecule has 0 radical (unpaired) electrons. The van der Waals surface area contributed by atoms with Gasteiger partial charge in [-0.05, 0) is 13.0 Å². The normalized spacial score (nSPS) is 19.6. The minimum absolute atomic E-state index is 0.000373. The number of rotatable bonds is 0. The maximum absolute atomic E-state index is 13.0. The van der Waals surface area contributed by atoms with E-state index in [-0.39, 0.29) is 17.0 Å². The smallest absolute Gasteiger partial charge is 0.246 e. The minimum Gasteiger partial charge on any atom is -0.372 e. The van der Waals surface area contributed by atoms with Crippen molar-refractivity contribution in [3.63, 3.8) is 0 Å². The molecule has 0 saturated heterocycles. The molecule has 1 aromatic rings. The van der Waals surface area contributed by atoms with Crippen molar-refractivity contribution in [2.75, 3.05) is 10.6 Å². The van der Waals surface area contributed by atoms with Crippen LogP contribution in [0.4, 0.5) is 15.8 Å². The van der Waals surface area contributed by atoms with E-state index in [1.54, 1.807) is 6.92 Å². The van der Waals surface area contributed by atoms with E-state index in [4.69, 9.17) is 11.6 Å². The Balaban J connectivity index is 2.47. The van der Waals surface area contributed by atoms with Crippen molar-refractivity contribution in [1.29, 1.82) is 0 Å². The van der Waals surface area contributed by atoms with Gasteiger partial charge in [-0.25, -0.2) is 4.39 Å². The molecule has 2 N–H and O–H groups in total. The molecule has 2 rings (SSSR count). The monoisotopic (exact) mass is 214 g/mol. The van der Waals surface area contributed by atoms with Crippen LogP contribution in [-0.2, 0) is 4.79 Å². The van der Waals surface area contributed by atoms with E-state index in [1.165, 1.54) is 12.1 Å². The van der Waals surface area contributed by atoms with Gasteiger partial charge in [0.25, 0.3) is 0 Å².